The van der Waals surface area contributed by atoms with E-state index in [0.29, 0.717) is 43.4 Å². The SMILES string of the molecule is C/C=C/CCCCCCCCCCCCCCCCC[N+](CCCC(=O)[O-])(CCCC(=O)O)CCCC(=O)O. The number of nitrogens with zero attached hydrogens (tertiary/aromatic N) is 1. The lowest BCUT2D eigenvalue weighted by molar-refractivity contribution is -0.929. The number of carbonyl (C=O) groups is 3. The number of aliphatic carboxylic acids is 3. The molecule has 0 saturated heterocycles. The normalized spacial score (nSPS) is 11.8. The fourth-order valence-corrected chi connectivity index (χ4v) is 5.54. The molecule has 0 heterocycles. The van der Waals surface area contributed by atoms with E-state index in [-0.39, 0.29) is 19.3 Å². The molecule has 0 bridgehead atoms. The van der Waals surface area contributed by atoms with Crippen LogP contribution in [0.5, 0.6) is 0 Å². The van der Waals surface area contributed by atoms with Gasteiger partial charge in [-0.15, -0.1) is 0 Å². The molecule has 0 aliphatic carbocycles. The molecule has 7 nitrogen and oxygen atoms in total. The average Bonchev–Trinajstić information content (AvgIpc) is 2.87. The van der Waals surface area contributed by atoms with Crippen molar-refractivity contribution in [2.24, 2.45) is 0 Å². The van der Waals surface area contributed by atoms with Gasteiger partial charge in [0.05, 0.1) is 39.0 Å². The summed E-state index contributed by atoms with van der Waals surface area (Å²) in [4.78, 5) is 33.1. The summed E-state index contributed by atoms with van der Waals surface area (Å²) in [6, 6.07) is 0. The fraction of sp³-hybridized carbons (Fsp3) is 0.844. The first-order valence-corrected chi connectivity index (χ1v) is 15.9. The van der Waals surface area contributed by atoms with Crippen LogP contribution in [0.3, 0.4) is 0 Å². The molecule has 0 aromatic carbocycles. The third-order valence-electron chi connectivity index (χ3n) is 7.80. The number of hydrogen-bond donors (Lipinski definition) is 2. The lowest BCUT2D eigenvalue weighted by Gasteiger charge is -2.39. The number of hydrogen-bond acceptors (Lipinski definition) is 4. The van der Waals surface area contributed by atoms with E-state index in [0.717, 1.165) is 19.4 Å². The number of carbonyl (C=O) groups excluding carboxylic acids is 1. The van der Waals surface area contributed by atoms with Gasteiger partial charge < -0.3 is 24.6 Å². The zero-order chi connectivity index (χ0) is 29.0. The molecule has 39 heavy (non-hydrogen) atoms. The van der Waals surface area contributed by atoms with Crippen LogP contribution in [0.1, 0.15) is 148 Å². The van der Waals surface area contributed by atoms with E-state index in [1.54, 1.807) is 0 Å². The van der Waals surface area contributed by atoms with Gasteiger partial charge in [0.1, 0.15) is 0 Å². The van der Waals surface area contributed by atoms with Crippen LogP contribution in [0.2, 0.25) is 0 Å². The zero-order valence-corrected chi connectivity index (χ0v) is 25.0. The van der Waals surface area contributed by atoms with Gasteiger partial charge in [-0.05, 0) is 39.0 Å². The summed E-state index contributed by atoms with van der Waals surface area (Å²) in [5.74, 6) is -2.74. The number of quaternary nitrogens is 1. The molecule has 0 saturated carbocycles. The number of allylic oxidation sites excluding steroid dienone is 2. The van der Waals surface area contributed by atoms with E-state index in [1.165, 1.54) is 89.9 Å². The summed E-state index contributed by atoms with van der Waals surface area (Å²) in [7, 11) is 0. The zero-order valence-electron chi connectivity index (χ0n) is 25.0. The maximum absolute atomic E-state index is 11.1. The molecule has 0 aromatic heterocycles. The largest absolute Gasteiger partial charge is 0.550 e. The predicted molar refractivity (Wildman–Crippen MR) is 156 cm³/mol. The van der Waals surface area contributed by atoms with Crippen molar-refractivity contribution in [3.63, 3.8) is 0 Å². The Morgan fingerprint density at radius 1 is 0.538 bits per heavy atom. The molecule has 0 aliphatic rings. The smallest absolute Gasteiger partial charge is 0.303 e. The van der Waals surface area contributed by atoms with Crippen LogP contribution in [0.15, 0.2) is 12.2 Å². The second kappa shape index (κ2) is 26.3. The van der Waals surface area contributed by atoms with Crippen molar-refractivity contribution in [1.82, 2.24) is 0 Å². The first-order valence-electron chi connectivity index (χ1n) is 15.9. The van der Waals surface area contributed by atoms with Crippen molar-refractivity contribution in [3.05, 3.63) is 12.2 Å². The van der Waals surface area contributed by atoms with Gasteiger partial charge >= 0.3 is 11.9 Å². The quantitative estimate of drug-likeness (QED) is 0.0569. The van der Waals surface area contributed by atoms with Crippen LogP contribution in [0, 0.1) is 0 Å². The molecule has 228 valence electrons. The third-order valence-corrected chi connectivity index (χ3v) is 7.80. The lowest BCUT2D eigenvalue weighted by atomic mass is 10.0. The van der Waals surface area contributed by atoms with Crippen molar-refractivity contribution < 1.29 is 34.2 Å². The lowest BCUT2D eigenvalue weighted by Crippen LogP contribution is -2.51. The Morgan fingerprint density at radius 3 is 1.23 bits per heavy atom. The molecule has 2 N–H and O–H groups in total. The van der Waals surface area contributed by atoms with Crippen LogP contribution in [0.25, 0.3) is 0 Å². The summed E-state index contributed by atoms with van der Waals surface area (Å²) in [6.45, 7) is 4.86. The minimum Gasteiger partial charge on any atom is -0.550 e. The maximum atomic E-state index is 11.1. The molecule has 0 atom stereocenters. The summed E-state index contributed by atoms with van der Waals surface area (Å²) in [6.07, 6.45) is 26.6. The Hall–Kier alpha value is -1.89. The highest BCUT2D eigenvalue weighted by atomic mass is 16.4. The molecule has 0 aromatic rings. The van der Waals surface area contributed by atoms with E-state index in [2.05, 4.69) is 19.1 Å². The van der Waals surface area contributed by atoms with Gasteiger partial charge in [-0.3, -0.25) is 9.59 Å². The topological polar surface area (TPSA) is 115 Å². The van der Waals surface area contributed by atoms with Crippen molar-refractivity contribution >= 4 is 17.9 Å². The second-order valence-electron chi connectivity index (χ2n) is 11.4. The first kappa shape index (κ1) is 37.1. The predicted octanol–water partition coefficient (Wildman–Crippen LogP) is 6.88. The van der Waals surface area contributed by atoms with Gasteiger partial charge in [-0.1, -0.05) is 89.2 Å². The minimum absolute atomic E-state index is 0.0189. The monoisotopic (exact) mass is 553 g/mol. The van der Waals surface area contributed by atoms with Gasteiger partial charge in [0, 0.05) is 25.2 Å². The molecule has 0 unspecified atom stereocenters. The van der Waals surface area contributed by atoms with Gasteiger partial charge in [-0.25, -0.2) is 0 Å². The van der Waals surface area contributed by atoms with Crippen molar-refractivity contribution in [2.75, 3.05) is 26.2 Å². The van der Waals surface area contributed by atoms with Crippen LogP contribution in [0.4, 0.5) is 0 Å². The van der Waals surface area contributed by atoms with Gasteiger partial charge in [0.2, 0.25) is 0 Å². The van der Waals surface area contributed by atoms with E-state index < -0.39 is 17.9 Å². The number of carboxylic acid groups (broad SMARTS) is 3. The number of unbranched alkanes of at least 4 members (excludes halogenated alkanes) is 15. The number of carboxylic acids is 3. The Balaban J connectivity index is 4.14. The van der Waals surface area contributed by atoms with Crippen LogP contribution >= 0.6 is 0 Å². The van der Waals surface area contributed by atoms with Gasteiger partial charge in [-0.2, -0.15) is 0 Å². The van der Waals surface area contributed by atoms with E-state index >= 15 is 0 Å². The van der Waals surface area contributed by atoms with Crippen molar-refractivity contribution in [1.29, 1.82) is 0 Å². The van der Waals surface area contributed by atoms with Gasteiger partial charge in [0.25, 0.3) is 0 Å². The molecule has 0 fully saturated rings. The minimum atomic E-state index is -1.07. The molecule has 0 aliphatic heterocycles. The summed E-state index contributed by atoms with van der Waals surface area (Å²) >= 11 is 0. The highest BCUT2D eigenvalue weighted by Crippen LogP contribution is 2.19. The van der Waals surface area contributed by atoms with E-state index in [4.69, 9.17) is 10.2 Å². The molecule has 0 rings (SSSR count). The fourth-order valence-electron chi connectivity index (χ4n) is 5.54. The molecule has 0 amide bonds. The average molecular weight is 554 g/mol. The van der Waals surface area contributed by atoms with Crippen LogP contribution in [-0.4, -0.2) is 58.8 Å². The van der Waals surface area contributed by atoms with Crippen molar-refractivity contribution in [2.45, 2.75) is 148 Å². The Labute approximate surface area is 238 Å². The highest BCUT2D eigenvalue weighted by Gasteiger charge is 2.26. The molecular formula is C32H59NO6. The van der Waals surface area contributed by atoms with Gasteiger partial charge in [0.15, 0.2) is 0 Å². The number of rotatable bonds is 30. The highest BCUT2D eigenvalue weighted by molar-refractivity contribution is 5.66. The first-order chi connectivity index (χ1) is 18.8. The van der Waals surface area contributed by atoms with E-state index in [9.17, 15) is 19.5 Å². The Bertz CT molecular complexity index is 598. The molecular weight excluding hydrogens is 494 g/mol. The Kier molecular flexibility index (Phi) is 25.1. The van der Waals surface area contributed by atoms with Crippen molar-refractivity contribution in [3.8, 4) is 0 Å². The summed E-state index contributed by atoms with van der Waals surface area (Å²) < 4.78 is 0.615. The third kappa shape index (κ3) is 26.1. The summed E-state index contributed by atoms with van der Waals surface area (Å²) in [5.41, 5.74) is 0. The van der Waals surface area contributed by atoms with Crippen LogP contribution in [-0.2, 0) is 14.4 Å². The molecule has 0 radical (unpaired) electrons. The second-order valence-corrected chi connectivity index (χ2v) is 11.4. The maximum Gasteiger partial charge on any atom is 0.303 e. The molecule has 7 heteroatoms. The standard InChI is InChI=1S/C32H59NO6/c1-2-3-4-5-6-7-8-9-10-11-12-13-14-15-16-17-18-19-26-33(27-20-23-30(34)35,28-21-24-31(36)37)29-22-25-32(38)39/h2-3H,4-29H2,1H3,(H2-,34,35,36,37,38,39)/b3-2+. The Morgan fingerprint density at radius 2 is 0.872 bits per heavy atom. The molecule has 0 spiro atoms. The van der Waals surface area contributed by atoms with Crippen LogP contribution < -0.4 is 5.11 Å². The summed E-state index contributed by atoms with van der Waals surface area (Å²) in [5, 5.41) is 29.1. The van der Waals surface area contributed by atoms with E-state index in [1.807, 2.05) is 0 Å².